The zero-order chi connectivity index (χ0) is 21.2. The van der Waals surface area contributed by atoms with Crippen molar-refractivity contribution in [3.8, 4) is 0 Å². The summed E-state index contributed by atoms with van der Waals surface area (Å²) in [6, 6.07) is 6.80. The second kappa shape index (κ2) is 12.0. The normalized spacial score (nSPS) is 11.7. The number of thioether (sulfide) groups is 2. The van der Waals surface area contributed by atoms with Crippen LogP contribution in [-0.2, 0) is 4.79 Å². The number of anilines is 1. The number of amides is 2. The minimum absolute atomic E-state index is 0.0811. The summed E-state index contributed by atoms with van der Waals surface area (Å²) in [7, 11) is 0. The van der Waals surface area contributed by atoms with Gasteiger partial charge in [-0.15, -0.1) is 0 Å². The van der Waals surface area contributed by atoms with Gasteiger partial charge in [-0.1, -0.05) is 48.0 Å². The summed E-state index contributed by atoms with van der Waals surface area (Å²) in [6.45, 7) is 4.03. The number of hydrogen-bond acceptors (Lipinski definition) is 6. The highest BCUT2D eigenvalue weighted by Gasteiger charge is 2.23. The monoisotopic (exact) mass is 452 g/mol. The first-order valence-corrected chi connectivity index (χ1v) is 12.0. The lowest BCUT2D eigenvalue weighted by Crippen LogP contribution is -2.44. The molecule has 1 unspecified atom stereocenters. The molecule has 0 saturated carbocycles. The van der Waals surface area contributed by atoms with Crippen molar-refractivity contribution in [3.63, 3.8) is 0 Å². The van der Waals surface area contributed by atoms with Crippen molar-refractivity contribution >= 4 is 52.6 Å². The Morgan fingerprint density at radius 2 is 1.93 bits per heavy atom. The van der Waals surface area contributed by atoms with Crippen molar-refractivity contribution < 1.29 is 9.59 Å². The molecule has 0 spiro atoms. The van der Waals surface area contributed by atoms with E-state index in [0.29, 0.717) is 17.3 Å². The second-order valence-electron chi connectivity index (χ2n) is 6.36. The van der Waals surface area contributed by atoms with Gasteiger partial charge >= 0.3 is 0 Å². The highest BCUT2D eigenvalue weighted by atomic mass is 35.5. The van der Waals surface area contributed by atoms with Gasteiger partial charge in [0.25, 0.3) is 5.91 Å². The van der Waals surface area contributed by atoms with E-state index in [1.165, 1.54) is 18.0 Å². The molecule has 0 saturated heterocycles. The Morgan fingerprint density at radius 3 is 2.59 bits per heavy atom. The molecule has 1 atom stereocenters. The quantitative estimate of drug-likeness (QED) is 0.409. The van der Waals surface area contributed by atoms with Crippen molar-refractivity contribution in [3.05, 3.63) is 46.7 Å². The zero-order valence-corrected chi connectivity index (χ0v) is 19.1. The average molecular weight is 453 g/mol. The summed E-state index contributed by atoms with van der Waals surface area (Å²) >= 11 is 9.20. The molecular weight excluding hydrogens is 428 g/mol. The van der Waals surface area contributed by atoms with Crippen LogP contribution in [0.4, 0.5) is 5.69 Å². The molecular formula is C20H25ClN4O2S2. The van der Waals surface area contributed by atoms with Crippen molar-refractivity contribution in [2.24, 2.45) is 0 Å². The van der Waals surface area contributed by atoms with E-state index in [1.807, 2.05) is 37.4 Å². The third-order valence-electron chi connectivity index (χ3n) is 3.92. The van der Waals surface area contributed by atoms with Crippen LogP contribution in [0.2, 0.25) is 5.02 Å². The molecule has 1 heterocycles. The lowest BCUT2D eigenvalue weighted by atomic mass is 10.1. The molecule has 0 aliphatic carbocycles. The fourth-order valence-corrected chi connectivity index (χ4v) is 3.69. The molecule has 2 amide bonds. The standard InChI is InChI=1S/C20H25ClN4O2S2/c1-4-10-29-20-22-12-15(21)17(25-20)19(27)24-16(9-11-28-3)18(26)23-14-7-5-13(2)6-8-14/h5-8,12,16H,4,9-11H2,1-3H3,(H,23,26)(H,24,27). The molecule has 156 valence electrons. The molecule has 9 heteroatoms. The fraction of sp³-hybridized carbons (Fsp3) is 0.400. The number of nitrogens with one attached hydrogen (secondary N) is 2. The van der Waals surface area contributed by atoms with E-state index in [-0.39, 0.29) is 16.6 Å². The summed E-state index contributed by atoms with van der Waals surface area (Å²) < 4.78 is 0. The number of halogens is 1. The third kappa shape index (κ3) is 7.53. The molecule has 0 aliphatic rings. The second-order valence-corrected chi connectivity index (χ2v) is 8.82. The number of carbonyl (C=O) groups excluding carboxylic acids is 2. The summed E-state index contributed by atoms with van der Waals surface area (Å²) in [5.74, 6) is 0.808. The maximum absolute atomic E-state index is 12.8. The van der Waals surface area contributed by atoms with E-state index < -0.39 is 11.9 Å². The highest BCUT2D eigenvalue weighted by molar-refractivity contribution is 7.99. The van der Waals surface area contributed by atoms with E-state index >= 15 is 0 Å². The number of aryl methyl sites for hydroxylation is 1. The lowest BCUT2D eigenvalue weighted by Gasteiger charge is -2.18. The molecule has 6 nitrogen and oxygen atoms in total. The smallest absolute Gasteiger partial charge is 0.272 e. The van der Waals surface area contributed by atoms with E-state index in [1.54, 1.807) is 11.8 Å². The van der Waals surface area contributed by atoms with Gasteiger partial charge in [-0.3, -0.25) is 9.59 Å². The van der Waals surface area contributed by atoms with E-state index in [0.717, 1.165) is 23.5 Å². The van der Waals surface area contributed by atoms with E-state index in [2.05, 4.69) is 27.5 Å². The van der Waals surface area contributed by atoms with Crippen LogP contribution in [0.5, 0.6) is 0 Å². The lowest BCUT2D eigenvalue weighted by molar-refractivity contribution is -0.118. The van der Waals surface area contributed by atoms with Crippen LogP contribution in [0.25, 0.3) is 0 Å². The number of aromatic nitrogens is 2. The van der Waals surface area contributed by atoms with Crippen molar-refractivity contribution in [2.45, 2.75) is 37.9 Å². The molecule has 0 aliphatic heterocycles. The average Bonchev–Trinajstić information content (AvgIpc) is 2.71. The first kappa shape index (κ1) is 23.5. The van der Waals surface area contributed by atoms with Crippen molar-refractivity contribution in [1.29, 1.82) is 0 Å². The van der Waals surface area contributed by atoms with Gasteiger partial charge in [0, 0.05) is 11.4 Å². The van der Waals surface area contributed by atoms with Crippen LogP contribution in [0, 0.1) is 6.92 Å². The summed E-state index contributed by atoms with van der Waals surface area (Å²) in [5, 5.41) is 6.28. The van der Waals surface area contributed by atoms with Gasteiger partial charge in [0.05, 0.1) is 11.2 Å². The molecule has 2 N–H and O–H groups in total. The van der Waals surface area contributed by atoms with Gasteiger partial charge in [0.2, 0.25) is 5.91 Å². The first-order chi connectivity index (χ1) is 13.9. The van der Waals surface area contributed by atoms with Crippen LogP contribution < -0.4 is 10.6 Å². The Labute approximate surface area is 185 Å². The number of rotatable bonds is 10. The molecule has 0 bridgehead atoms. The van der Waals surface area contributed by atoms with Gasteiger partial charge in [0.15, 0.2) is 10.9 Å². The predicted molar refractivity (Wildman–Crippen MR) is 122 cm³/mol. The van der Waals surface area contributed by atoms with Gasteiger partial charge in [0.1, 0.15) is 6.04 Å². The van der Waals surface area contributed by atoms with Gasteiger partial charge < -0.3 is 10.6 Å². The number of hydrogen-bond donors (Lipinski definition) is 2. The van der Waals surface area contributed by atoms with Gasteiger partial charge in [-0.2, -0.15) is 11.8 Å². The first-order valence-electron chi connectivity index (χ1n) is 9.27. The molecule has 1 aromatic heterocycles. The third-order valence-corrected chi connectivity index (χ3v) is 5.91. The Balaban J connectivity index is 2.13. The Hall–Kier alpha value is -1.77. The molecule has 29 heavy (non-hydrogen) atoms. The van der Waals surface area contributed by atoms with E-state index in [9.17, 15) is 9.59 Å². The number of carbonyl (C=O) groups is 2. The van der Waals surface area contributed by atoms with Crippen LogP contribution in [0.3, 0.4) is 0 Å². The van der Waals surface area contributed by atoms with Crippen LogP contribution >= 0.6 is 35.1 Å². The van der Waals surface area contributed by atoms with Crippen LogP contribution in [0.15, 0.2) is 35.6 Å². The maximum Gasteiger partial charge on any atom is 0.272 e. The Morgan fingerprint density at radius 1 is 1.21 bits per heavy atom. The molecule has 1 aromatic carbocycles. The van der Waals surface area contributed by atoms with Crippen molar-refractivity contribution in [1.82, 2.24) is 15.3 Å². The van der Waals surface area contributed by atoms with Gasteiger partial charge in [-0.05, 0) is 43.9 Å². The number of nitrogens with zero attached hydrogens (tertiary/aromatic N) is 2. The van der Waals surface area contributed by atoms with E-state index in [4.69, 9.17) is 11.6 Å². The van der Waals surface area contributed by atoms with Gasteiger partial charge in [-0.25, -0.2) is 9.97 Å². The summed E-state index contributed by atoms with van der Waals surface area (Å²) in [4.78, 5) is 34.0. The van der Waals surface area contributed by atoms with Crippen molar-refractivity contribution in [2.75, 3.05) is 23.1 Å². The molecule has 0 fully saturated rings. The zero-order valence-electron chi connectivity index (χ0n) is 16.7. The van der Waals surface area contributed by atoms with Crippen LogP contribution in [-0.4, -0.2) is 45.6 Å². The largest absolute Gasteiger partial charge is 0.339 e. The summed E-state index contributed by atoms with van der Waals surface area (Å²) in [5.41, 5.74) is 1.87. The minimum atomic E-state index is -0.700. The minimum Gasteiger partial charge on any atom is -0.339 e. The molecule has 2 rings (SSSR count). The topological polar surface area (TPSA) is 84.0 Å². The highest BCUT2D eigenvalue weighted by Crippen LogP contribution is 2.19. The predicted octanol–water partition coefficient (Wildman–Crippen LogP) is 4.43. The molecule has 0 radical (unpaired) electrons. The Kier molecular flexibility index (Phi) is 9.76. The fourth-order valence-electron chi connectivity index (χ4n) is 2.37. The van der Waals surface area contributed by atoms with Crippen LogP contribution in [0.1, 0.15) is 35.8 Å². The summed E-state index contributed by atoms with van der Waals surface area (Å²) in [6.07, 6.45) is 4.83. The SMILES string of the molecule is CCCSc1ncc(Cl)c(C(=O)NC(CCSC)C(=O)Nc2ccc(C)cc2)n1. The maximum atomic E-state index is 12.8. The number of benzene rings is 1. The molecule has 2 aromatic rings. The Bertz CT molecular complexity index is 834.